The van der Waals surface area contributed by atoms with Crippen LogP contribution in [0.4, 0.5) is 5.69 Å². The molecular weight excluding hydrogens is 200 g/mol. The van der Waals surface area contributed by atoms with Gasteiger partial charge in [-0.3, -0.25) is 9.71 Å². The van der Waals surface area contributed by atoms with E-state index >= 15 is 0 Å². The summed E-state index contributed by atoms with van der Waals surface area (Å²) in [5.41, 5.74) is 1.68. The molecule has 0 unspecified atom stereocenters. The first-order valence-electron chi connectivity index (χ1n) is 4.47. The van der Waals surface area contributed by atoms with Crippen molar-refractivity contribution in [1.82, 2.24) is 4.98 Å². The van der Waals surface area contributed by atoms with E-state index in [1.165, 1.54) is 19.0 Å². The van der Waals surface area contributed by atoms with Gasteiger partial charge in [-0.25, -0.2) is 8.42 Å². The second kappa shape index (κ2) is 3.24. The Morgan fingerprint density at radius 3 is 2.71 bits per heavy atom. The Labute approximate surface area is 83.4 Å². The molecule has 76 valence electrons. The highest BCUT2D eigenvalue weighted by Gasteiger charge is 2.23. The minimum absolute atomic E-state index is 0.553. The van der Waals surface area contributed by atoms with Crippen molar-refractivity contribution >= 4 is 15.7 Å². The Hall–Kier alpha value is -1.10. The summed E-state index contributed by atoms with van der Waals surface area (Å²) in [6.45, 7) is 0. The standard InChI is InChI=1S/C9H12N2O2S/c1-14(12,13)11-9-4-8(5-10-6-9)7-2-3-7/h4-7,11H,2-3H2,1H3. The highest BCUT2D eigenvalue weighted by atomic mass is 32.2. The molecule has 1 fully saturated rings. The quantitative estimate of drug-likeness (QED) is 0.822. The van der Waals surface area contributed by atoms with Gasteiger partial charge in [0, 0.05) is 6.20 Å². The molecule has 2 rings (SSSR count). The molecule has 0 spiro atoms. The Morgan fingerprint density at radius 2 is 2.14 bits per heavy atom. The average molecular weight is 212 g/mol. The van der Waals surface area contributed by atoms with Crippen molar-refractivity contribution in [1.29, 1.82) is 0 Å². The molecule has 14 heavy (non-hydrogen) atoms. The van der Waals surface area contributed by atoms with Gasteiger partial charge in [0.2, 0.25) is 10.0 Å². The second-order valence-electron chi connectivity index (χ2n) is 3.66. The van der Waals surface area contributed by atoms with E-state index in [0.29, 0.717) is 11.6 Å². The van der Waals surface area contributed by atoms with Gasteiger partial charge in [0.25, 0.3) is 0 Å². The molecule has 1 aliphatic rings. The predicted molar refractivity (Wildman–Crippen MR) is 54.7 cm³/mol. The summed E-state index contributed by atoms with van der Waals surface area (Å²) in [6, 6.07) is 1.85. The van der Waals surface area contributed by atoms with Crippen LogP contribution < -0.4 is 4.72 Å². The maximum atomic E-state index is 11.0. The maximum absolute atomic E-state index is 11.0. The van der Waals surface area contributed by atoms with E-state index in [4.69, 9.17) is 0 Å². The van der Waals surface area contributed by atoms with Gasteiger partial charge in [0.1, 0.15) is 0 Å². The Kier molecular flexibility index (Phi) is 2.19. The average Bonchev–Trinajstić information content (AvgIpc) is 2.83. The van der Waals surface area contributed by atoms with E-state index in [0.717, 1.165) is 11.8 Å². The van der Waals surface area contributed by atoms with E-state index in [9.17, 15) is 8.42 Å². The first-order valence-corrected chi connectivity index (χ1v) is 6.36. The lowest BCUT2D eigenvalue weighted by Crippen LogP contribution is -2.09. The topological polar surface area (TPSA) is 59.1 Å². The lowest BCUT2D eigenvalue weighted by Gasteiger charge is -2.04. The molecule has 0 atom stereocenters. The number of hydrogen-bond acceptors (Lipinski definition) is 3. The summed E-state index contributed by atoms with van der Waals surface area (Å²) in [4.78, 5) is 4.00. The largest absolute Gasteiger partial charge is 0.282 e. The van der Waals surface area contributed by atoms with Crippen molar-refractivity contribution in [2.75, 3.05) is 11.0 Å². The highest BCUT2D eigenvalue weighted by Crippen LogP contribution is 2.40. The summed E-state index contributed by atoms with van der Waals surface area (Å²) in [5, 5.41) is 0. The van der Waals surface area contributed by atoms with Gasteiger partial charge in [-0.15, -0.1) is 0 Å². The van der Waals surface area contributed by atoms with Gasteiger partial charge in [0.05, 0.1) is 18.1 Å². The van der Waals surface area contributed by atoms with Crippen LogP contribution in [0.3, 0.4) is 0 Å². The van der Waals surface area contributed by atoms with Gasteiger partial charge >= 0.3 is 0 Å². The third kappa shape index (κ3) is 2.45. The van der Waals surface area contributed by atoms with E-state index in [1.54, 1.807) is 6.20 Å². The number of anilines is 1. The van der Waals surface area contributed by atoms with Crippen LogP contribution in [0.1, 0.15) is 24.3 Å². The first kappa shape index (κ1) is 9.45. The fraction of sp³-hybridized carbons (Fsp3) is 0.444. The van der Waals surface area contributed by atoms with Gasteiger partial charge in [-0.05, 0) is 30.4 Å². The molecule has 0 amide bonds. The van der Waals surface area contributed by atoms with Crippen molar-refractivity contribution in [3.05, 3.63) is 24.0 Å². The van der Waals surface area contributed by atoms with E-state index in [2.05, 4.69) is 9.71 Å². The lowest BCUT2D eigenvalue weighted by molar-refractivity contribution is 0.607. The van der Waals surface area contributed by atoms with Crippen LogP contribution in [0.25, 0.3) is 0 Å². The fourth-order valence-corrected chi connectivity index (χ4v) is 1.91. The zero-order valence-electron chi connectivity index (χ0n) is 7.90. The van der Waals surface area contributed by atoms with Crippen molar-refractivity contribution in [3.8, 4) is 0 Å². The predicted octanol–water partition coefficient (Wildman–Crippen LogP) is 1.33. The van der Waals surface area contributed by atoms with Gasteiger partial charge in [0.15, 0.2) is 0 Å². The number of pyridine rings is 1. The minimum atomic E-state index is -3.19. The first-order chi connectivity index (χ1) is 6.54. The van der Waals surface area contributed by atoms with Gasteiger partial charge in [-0.2, -0.15) is 0 Å². The SMILES string of the molecule is CS(=O)(=O)Nc1cncc(C2CC2)c1. The molecular formula is C9H12N2O2S. The molecule has 1 aromatic heterocycles. The highest BCUT2D eigenvalue weighted by molar-refractivity contribution is 7.92. The number of rotatable bonds is 3. The summed E-state index contributed by atoms with van der Waals surface area (Å²) in [5.74, 6) is 0.587. The maximum Gasteiger partial charge on any atom is 0.229 e. The molecule has 1 aromatic rings. The second-order valence-corrected chi connectivity index (χ2v) is 5.40. The van der Waals surface area contributed by atoms with Crippen molar-refractivity contribution in [3.63, 3.8) is 0 Å². The Balaban J connectivity index is 2.21. The molecule has 1 heterocycles. The van der Waals surface area contributed by atoms with E-state index in [1.807, 2.05) is 6.07 Å². The number of nitrogens with zero attached hydrogens (tertiary/aromatic N) is 1. The minimum Gasteiger partial charge on any atom is -0.282 e. The van der Waals surface area contributed by atoms with E-state index < -0.39 is 10.0 Å². The van der Waals surface area contributed by atoms with Crippen molar-refractivity contribution in [2.45, 2.75) is 18.8 Å². The third-order valence-electron chi connectivity index (χ3n) is 2.11. The summed E-state index contributed by atoms with van der Waals surface area (Å²) < 4.78 is 24.3. The molecule has 0 radical (unpaired) electrons. The van der Waals surface area contributed by atoms with Crippen LogP contribution >= 0.6 is 0 Å². The fourth-order valence-electron chi connectivity index (χ4n) is 1.37. The molecule has 1 saturated carbocycles. The van der Waals surface area contributed by atoms with Gasteiger partial charge in [-0.1, -0.05) is 0 Å². The number of aromatic nitrogens is 1. The molecule has 0 bridgehead atoms. The zero-order valence-corrected chi connectivity index (χ0v) is 8.71. The molecule has 0 aromatic carbocycles. The van der Waals surface area contributed by atoms with Crippen molar-refractivity contribution < 1.29 is 8.42 Å². The number of nitrogens with one attached hydrogen (secondary N) is 1. The van der Waals surface area contributed by atoms with Crippen LogP contribution in [0.15, 0.2) is 18.5 Å². The summed E-state index contributed by atoms with van der Waals surface area (Å²) in [7, 11) is -3.19. The molecule has 4 nitrogen and oxygen atoms in total. The Morgan fingerprint density at radius 1 is 1.43 bits per heavy atom. The van der Waals surface area contributed by atoms with Crippen molar-refractivity contribution in [2.24, 2.45) is 0 Å². The molecule has 0 saturated heterocycles. The van der Waals surface area contributed by atoms with Crippen LogP contribution in [0.2, 0.25) is 0 Å². The Bertz CT molecular complexity index is 438. The van der Waals surface area contributed by atoms with Crippen LogP contribution in [-0.2, 0) is 10.0 Å². The van der Waals surface area contributed by atoms with Crippen LogP contribution in [-0.4, -0.2) is 19.7 Å². The number of sulfonamides is 1. The zero-order chi connectivity index (χ0) is 10.2. The normalized spacial score (nSPS) is 16.6. The monoisotopic (exact) mass is 212 g/mol. The summed E-state index contributed by atoms with van der Waals surface area (Å²) in [6.07, 6.45) is 6.82. The van der Waals surface area contributed by atoms with Crippen LogP contribution in [0.5, 0.6) is 0 Å². The third-order valence-corrected chi connectivity index (χ3v) is 2.72. The lowest BCUT2D eigenvalue weighted by atomic mass is 10.2. The molecule has 1 aliphatic carbocycles. The molecule has 1 N–H and O–H groups in total. The van der Waals surface area contributed by atoms with Crippen LogP contribution in [0, 0.1) is 0 Å². The summed E-state index contributed by atoms with van der Waals surface area (Å²) >= 11 is 0. The molecule has 5 heteroatoms. The smallest absolute Gasteiger partial charge is 0.229 e. The van der Waals surface area contributed by atoms with E-state index in [-0.39, 0.29) is 0 Å². The molecule has 0 aliphatic heterocycles. The number of hydrogen-bond donors (Lipinski definition) is 1. The van der Waals surface area contributed by atoms with Gasteiger partial charge < -0.3 is 0 Å².